The lowest BCUT2D eigenvalue weighted by Crippen LogP contribution is -2.52. The Hall–Kier alpha value is -2.69. The summed E-state index contributed by atoms with van der Waals surface area (Å²) in [5.74, 6) is -0.327. The van der Waals surface area contributed by atoms with Crippen molar-refractivity contribution in [1.29, 1.82) is 0 Å². The van der Waals surface area contributed by atoms with Gasteiger partial charge in [0.05, 0.1) is 36.2 Å². The molecule has 1 atom stereocenters. The van der Waals surface area contributed by atoms with E-state index in [1.807, 2.05) is 0 Å². The maximum atomic E-state index is 13.6. The van der Waals surface area contributed by atoms with Gasteiger partial charge in [-0.3, -0.25) is 13.9 Å². The summed E-state index contributed by atoms with van der Waals surface area (Å²) in [7, 11) is -1.07. The molecule has 0 heterocycles. The molecule has 0 unspecified atom stereocenters. The van der Waals surface area contributed by atoms with Gasteiger partial charge in [0.25, 0.3) is 0 Å². The average molecular weight is 561 g/mol. The molecule has 2 aromatic rings. The summed E-state index contributed by atoms with van der Waals surface area (Å²) in [4.78, 5) is 27.7. The van der Waals surface area contributed by atoms with E-state index >= 15 is 0 Å². The molecule has 2 aromatic carbocycles. The Balaban J connectivity index is 2.48. The van der Waals surface area contributed by atoms with Crippen molar-refractivity contribution in [3.8, 4) is 11.5 Å². The summed E-state index contributed by atoms with van der Waals surface area (Å²) < 4.78 is 37.0. The summed E-state index contributed by atoms with van der Waals surface area (Å²) in [6, 6.07) is 8.37. The van der Waals surface area contributed by atoms with Crippen LogP contribution in [0.15, 0.2) is 36.4 Å². The van der Waals surface area contributed by atoms with Gasteiger partial charge in [-0.05, 0) is 50.6 Å². The van der Waals surface area contributed by atoms with Crippen molar-refractivity contribution < 1.29 is 27.5 Å². The molecule has 0 saturated heterocycles. The monoisotopic (exact) mass is 559 g/mol. The van der Waals surface area contributed by atoms with Crippen LogP contribution in [0.3, 0.4) is 0 Å². The molecule has 0 fully saturated rings. The standard InChI is InChI=1S/C24H31Cl2N3O6S/c1-15(2)27-24(31)16(3)28(13-17-7-9-19(25)20(26)11-17)23(30)14-29(36(6,32)33)21-10-8-18(34-4)12-22(21)35-5/h7-12,15-16H,13-14H2,1-6H3,(H,27,31)/t16-/m0/s1. The van der Waals surface area contributed by atoms with Crippen LogP contribution in [0.1, 0.15) is 26.3 Å². The van der Waals surface area contributed by atoms with Crippen LogP contribution in [-0.4, -0.2) is 64.2 Å². The highest BCUT2D eigenvalue weighted by molar-refractivity contribution is 7.92. The zero-order valence-electron chi connectivity index (χ0n) is 21.0. The Labute approximate surface area is 222 Å². The van der Waals surface area contributed by atoms with Crippen LogP contribution in [0.5, 0.6) is 11.5 Å². The van der Waals surface area contributed by atoms with Gasteiger partial charge in [-0.2, -0.15) is 0 Å². The summed E-state index contributed by atoms with van der Waals surface area (Å²) in [5, 5.41) is 3.42. The number of rotatable bonds is 11. The van der Waals surface area contributed by atoms with Gasteiger partial charge in [0.15, 0.2) is 0 Å². The Morgan fingerprint density at radius 1 is 1.00 bits per heavy atom. The number of halogens is 2. The zero-order valence-corrected chi connectivity index (χ0v) is 23.4. The van der Waals surface area contributed by atoms with Crippen molar-refractivity contribution >= 4 is 50.7 Å². The SMILES string of the molecule is COc1ccc(N(CC(=O)N(Cc2ccc(Cl)c(Cl)c2)[C@@H](C)C(=O)NC(C)C)S(C)(=O)=O)c(OC)c1. The molecule has 0 aromatic heterocycles. The van der Waals surface area contributed by atoms with E-state index in [0.717, 1.165) is 10.6 Å². The minimum absolute atomic E-state index is 0.000245. The number of sulfonamides is 1. The summed E-state index contributed by atoms with van der Waals surface area (Å²) in [5.41, 5.74) is 0.776. The second-order valence-electron chi connectivity index (χ2n) is 8.42. The molecule has 0 aliphatic carbocycles. The minimum Gasteiger partial charge on any atom is -0.497 e. The fourth-order valence-corrected chi connectivity index (χ4v) is 4.58. The molecular formula is C24H31Cl2N3O6S. The number of carbonyl (C=O) groups excluding carboxylic acids is 2. The number of methoxy groups -OCH3 is 2. The summed E-state index contributed by atoms with van der Waals surface area (Å²) in [6.45, 7) is 4.61. The number of anilines is 1. The van der Waals surface area contributed by atoms with E-state index in [4.69, 9.17) is 32.7 Å². The average Bonchev–Trinajstić information content (AvgIpc) is 2.81. The molecule has 0 saturated carbocycles. The number of hydrogen-bond acceptors (Lipinski definition) is 6. The third-order valence-corrected chi connectivity index (χ3v) is 7.14. The highest BCUT2D eigenvalue weighted by Crippen LogP contribution is 2.34. The van der Waals surface area contributed by atoms with Crippen LogP contribution in [0.25, 0.3) is 0 Å². The van der Waals surface area contributed by atoms with Gasteiger partial charge < -0.3 is 19.7 Å². The van der Waals surface area contributed by atoms with Crippen molar-refractivity contribution in [2.45, 2.75) is 39.4 Å². The second kappa shape index (κ2) is 12.5. The first-order valence-electron chi connectivity index (χ1n) is 11.0. The predicted molar refractivity (Wildman–Crippen MR) is 141 cm³/mol. The van der Waals surface area contributed by atoms with Crippen LogP contribution in [0.4, 0.5) is 5.69 Å². The van der Waals surface area contributed by atoms with Crippen LogP contribution in [0.2, 0.25) is 10.0 Å². The number of amides is 2. The van der Waals surface area contributed by atoms with E-state index in [1.54, 1.807) is 45.0 Å². The molecule has 0 bridgehead atoms. The molecule has 36 heavy (non-hydrogen) atoms. The number of ether oxygens (including phenoxy) is 2. The van der Waals surface area contributed by atoms with Gasteiger partial charge in [-0.25, -0.2) is 8.42 Å². The molecule has 0 spiro atoms. The number of benzene rings is 2. The quantitative estimate of drug-likeness (QED) is 0.449. The van der Waals surface area contributed by atoms with Gasteiger partial charge in [-0.1, -0.05) is 29.3 Å². The third-order valence-electron chi connectivity index (χ3n) is 5.27. The Morgan fingerprint density at radius 2 is 1.67 bits per heavy atom. The highest BCUT2D eigenvalue weighted by Gasteiger charge is 2.31. The zero-order chi connectivity index (χ0) is 27.2. The van der Waals surface area contributed by atoms with E-state index in [-0.39, 0.29) is 29.9 Å². The Morgan fingerprint density at radius 3 is 2.19 bits per heavy atom. The van der Waals surface area contributed by atoms with Crippen LogP contribution < -0.4 is 19.1 Å². The van der Waals surface area contributed by atoms with Crippen molar-refractivity contribution in [1.82, 2.24) is 10.2 Å². The number of nitrogens with zero attached hydrogens (tertiary/aromatic N) is 2. The molecule has 0 aliphatic rings. The van der Waals surface area contributed by atoms with Gasteiger partial charge in [0.2, 0.25) is 21.8 Å². The largest absolute Gasteiger partial charge is 0.497 e. The molecule has 0 radical (unpaired) electrons. The Bertz CT molecular complexity index is 1210. The van der Waals surface area contributed by atoms with Crippen LogP contribution in [-0.2, 0) is 26.2 Å². The maximum Gasteiger partial charge on any atom is 0.244 e. The molecule has 2 amide bonds. The van der Waals surface area contributed by atoms with E-state index in [9.17, 15) is 18.0 Å². The summed E-state index contributed by atoms with van der Waals surface area (Å²) >= 11 is 12.2. The summed E-state index contributed by atoms with van der Waals surface area (Å²) in [6.07, 6.45) is 0.988. The van der Waals surface area contributed by atoms with Crippen LogP contribution in [0, 0.1) is 0 Å². The van der Waals surface area contributed by atoms with E-state index in [2.05, 4.69) is 5.32 Å². The predicted octanol–water partition coefficient (Wildman–Crippen LogP) is 3.72. The first-order chi connectivity index (χ1) is 16.8. The molecule has 2 rings (SSSR count). The number of nitrogens with one attached hydrogen (secondary N) is 1. The minimum atomic E-state index is -3.92. The smallest absolute Gasteiger partial charge is 0.244 e. The van der Waals surface area contributed by atoms with Crippen molar-refractivity contribution in [2.75, 3.05) is 31.3 Å². The maximum absolute atomic E-state index is 13.6. The Kier molecular flexibility index (Phi) is 10.3. The molecule has 9 nitrogen and oxygen atoms in total. The van der Waals surface area contributed by atoms with Crippen molar-refractivity contribution in [3.05, 3.63) is 52.0 Å². The highest BCUT2D eigenvalue weighted by atomic mass is 35.5. The molecule has 1 N–H and O–H groups in total. The van der Waals surface area contributed by atoms with Gasteiger partial charge in [0.1, 0.15) is 24.1 Å². The van der Waals surface area contributed by atoms with Crippen molar-refractivity contribution in [3.63, 3.8) is 0 Å². The first kappa shape index (κ1) is 29.5. The normalized spacial score (nSPS) is 12.1. The fourth-order valence-electron chi connectivity index (χ4n) is 3.41. The lowest BCUT2D eigenvalue weighted by molar-refractivity contribution is -0.139. The van der Waals surface area contributed by atoms with E-state index in [1.165, 1.54) is 31.3 Å². The molecule has 0 aliphatic heterocycles. The van der Waals surface area contributed by atoms with Crippen molar-refractivity contribution in [2.24, 2.45) is 0 Å². The number of hydrogen-bond donors (Lipinski definition) is 1. The number of carbonyl (C=O) groups is 2. The van der Waals surface area contributed by atoms with Crippen LogP contribution >= 0.6 is 23.2 Å². The lowest BCUT2D eigenvalue weighted by atomic mass is 10.1. The second-order valence-corrected chi connectivity index (χ2v) is 11.1. The fraction of sp³-hybridized carbons (Fsp3) is 0.417. The molecule has 198 valence electrons. The molecular weight excluding hydrogens is 529 g/mol. The van der Waals surface area contributed by atoms with E-state index in [0.29, 0.717) is 21.4 Å². The van der Waals surface area contributed by atoms with E-state index < -0.39 is 28.5 Å². The van der Waals surface area contributed by atoms with Gasteiger partial charge in [-0.15, -0.1) is 0 Å². The topological polar surface area (TPSA) is 105 Å². The first-order valence-corrected chi connectivity index (χ1v) is 13.6. The van der Waals surface area contributed by atoms with Gasteiger partial charge >= 0.3 is 0 Å². The third kappa shape index (κ3) is 7.65. The van der Waals surface area contributed by atoms with Gasteiger partial charge in [0, 0.05) is 18.7 Å². The lowest BCUT2D eigenvalue weighted by Gasteiger charge is -2.32. The molecule has 12 heteroatoms.